The molecule has 0 aromatic carbocycles. The van der Waals surface area contributed by atoms with Crippen LogP contribution in [0.5, 0.6) is 0 Å². The summed E-state index contributed by atoms with van der Waals surface area (Å²) in [5.41, 5.74) is 0. The van der Waals surface area contributed by atoms with Gasteiger partial charge in [-0.3, -0.25) is 14.4 Å². The fourth-order valence-corrected chi connectivity index (χ4v) is 2.51. The van der Waals surface area contributed by atoms with E-state index in [1.807, 2.05) is 0 Å². The first kappa shape index (κ1) is 12.8. The number of carbonyl (C=O) groups excluding carboxylic acids is 3. The quantitative estimate of drug-likeness (QED) is 0.645. The lowest BCUT2D eigenvalue weighted by Crippen LogP contribution is -2.61. The summed E-state index contributed by atoms with van der Waals surface area (Å²) in [5.74, 6) is -0.446. The molecular weight excluding hydrogens is 238 g/mol. The van der Waals surface area contributed by atoms with E-state index in [4.69, 9.17) is 4.74 Å². The second-order valence-corrected chi connectivity index (χ2v) is 4.62. The van der Waals surface area contributed by atoms with Gasteiger partial charge in [0.2, 0.25) is 17.7 Å². The third kappa shape index (κ3) is 2.17. The van der Waals surface area contributed by atoms with Crippen molar-refractivity contribution in [1.29, 1.82) is 0 Å². The molecule has 0 aromatic rings. The number of nitrogens with zero attached hydrogens (tertiary/aromatic N) is 2. The number of fused-ring (bicyclic) bond motifs is 1. The number of likely N-dealkylation sites (N-methyl/N-ethyl adjacent to an activating group) is 1. The molecule has 2 fully saturated rings. The molecule has 0 unspecified atom stereocenters. The van der Waals surface area contributed by atoms with Gasteiger partial charge in [0.25, 0.3) is 0 Å². The summed E-state index contributed by atoms with van der Waals surface area (Å²) in [4.78, 5) is 38.3. The van der Waals surface area contributed by atoms with E-state index in [1.54, 1.807) is 11.9 Å². The first-order chi connectivity index (χ1) is 8.54. The summed E-state index contributed by atoms with van der Waals surface area (Å²) >= 11 is 0. The molecule has 0 aliphatic carbocycles. The SMILES string of the molecule is COCC(=O)N[C@H]1CCN2C(=O)CN(C)C(=O)[C@H]12. The van der Waals surface area contributed by atoms with Gasteiger partial charge in [-0.25, -0.2) is 0 Å². The van der Waals surface area contributed by atoms with Crippen LogP contribution < -0.4 is 5.32 Å². The molecule has 2 saturated heterocycles. The molecule has 2 atom stereocenters. The molecule has 7 nitrogen and oxygen atoms in total. The van der Waals surface area contributed by atoms with Crippen molar-refractivity contribution in [2.45, 2.75) is 18.5 Å². The summed E-state index contributed by atoms with van der Waals surface area (Å²) in [6, 6.07) is -0.871. The molecule has 0 radical (unpaired) electrons. The van der Waals surface area contributed by atoms with E-state index in [1.165, 1.54) is 12.0 Å². The first-order valence-corrected chi connectivity index (χ1v) is 5.87. The Labute approximate surface area is 105 Å². The number of hydrogen-bond acceptors (Lipinski definition) is 4. The van der Waals surface area contributed by atoms with Crippen molar-refractivity contribution >= 4 is 17.7 Å². The number of nitrogens with one attached hydrogen (secondary N) is 1. The van der Waals surface area contributed by atoms with Gasteiger partial charge in [0.05, 0.1) is 12.6 Å². The van der Waals surface area contributed by atoms with Crippen molar-refractivity contribution in [1.82, 2.24) is 15.1 Å². The summed E-state index contributed by atoms with van der Waals surface area (Å²) < 4.78 is 4.73. The highest BCUT2D eigenvalue weighted by molar-refractivity contribution is 5.96. The summed E-state index contributed by atoms with van der Waals surface area (Å²) in [6.45, 7) is 0.594. The molecule has 0 spiro atoms. The van der Waals surface area contributed by atoms with E-state index in [2.05, 4.69) is 5.32 Å². The standard InChI is InChI=1S/C11H17N3O4/c1-13-5-9(16)14-4-3-7(10(14)11(13)17)12-8(15)6-18-2/h7,10H,3-6H2,1-2H3,(H,12,15)/t7-,10-/m0/s1. The van der Waals surface area contributed by atoms with Gasteiger partial charge in [-0.05, 0) is 6.42 Å². The zero-order chi connectivity index (χ0) is 13.3. The maximum atomic E-state index is 12.1. The molecule has 2 heterocycles. The maximum absolute atomic E-state index is 12.1. The van der Waals surface area contributed by atoms with E-state index in [9.17, 15) is 14.4 Å². The molecule has 3 amide bonds. The van der Waals surface area contributed by atoms with E-state index in [-0.39, 0.29) is 36.9 Å². The highest BCUT2D eigenvalue weighted by atomic mass is 16.5. The Morgan fingerprint density at radius 3 is 2.89 bits per heavy atom. The third-order valence-corrected chi connectivity index (χ3v) is 3.34. The second kappa shape index (κ2) is 4.93. The zero-order valence-corrected chi connectivity index (χ0v) is 10.5. The minimum absolute atomic E-state index is 0.0405. The minimum atomic E-state index is -0.558. The van der Waals surface area contributed by atoms with Crippen molar-refractivity contribution in [3.05, 3.63) is 0 Å². The maximum Gasteiger partial charge on any atom is 0.247 e. The Kier molecular flexibility index (Phi) is 3.51. The number of carbonyl (C=O) groups is 3. The van der Waals surface area contributed by atoms with Gasteiger partial charge < -0.3 is 19.9 Å². The Morgan fingerprint density at radius 1 is 1.50 bits per heavy atom. The van der Waals surface area contributed by atoms with Crippen LogP contribution >= 0.6 is 0 Å². The van der Waals surface area contributed by atoms with E-state index >= 15 is 0 Å². The molecule has 0 bridgehead atoms. The van der Waals surface area contributed by atoms with E-state index < -0.39 is 6.04 Å². The Bertz CT molecular complexity index is 384. The van der Waals surface area contributed by atoms with Crippen molar-refractivity contribution in [3.63, 3.8) is 0 Å². The van der Waals surface area contributed by atoms with Crippen LogP contribution in [0.3, 0.4) is 0 Å². The lowest BCUT2D eigenvalue weighted by atomic mass is 10.1. The molecule has 18 heavy (non-hydrogen) atoms. The molecule has 7 heteroatoms. The fourth-order valence-electron chi connectivity index (χ4n) is 2.51. The largest absolute Gasteiger partial charge is 0.375 e. The van der Waals surface area contributed by atoms with Crippen molar-refractivity contribution < 1.29 is 19.1 Å². The number of ether oxygens (including phenoxy) is 1. The molecule has 0 aromatic heterocycles. The number of amides is 3. The number of methoxy groups -OCH3 is 1. The second-order valence-electron chi connectivity index (χ2n) is 4.62. The van der Waals surface area contributed by atoms with Crippen LogP contribution in [0.4, 0.5) is 0 Å². The predicted octanol–water partition coefficient (Wildman–Crippen LogP) is -1.81. The summed E-state index contributed by atoms with van der Waals surface area (Å²) in [5, 5.41) is 2.75. The lowest BCUT2D eigenvalue weighted by molar-refractivity contribution is -0.153. The van der Waals surface area contributed by atoms with Gasteiger partial charge in [-0.1, -0.05) is 0 Å². The average Bonchev–Trinajstić information content (AvgIpc) is 2.71. The summed E-state index contributed by atoms with van der Waals surface area (Å²) in [7, 11) is 3.04. The zero-order valence-electron chi connectivity index (χ0n) is 10.5. The molecular formula is C11H17N3O4. The smallest absolute Gasteiger partial charge is 0.247 e. The highest BCUT2D eigenvalue weighted by Gasteiger charge is 2.47. The topological polar surface area (TPSA) is 79.0 Å². The molecule has 0 saturated carbocycles. The van der Waals surface area contributed by atoms with Gasteiger partial charge in [0.15, 0.2) is 0 Å². The van der Waals surface area contributed by atoms with Gasteiger partial charge in [0.1, 0.15) is 12.6 Å². The van der Waals surface area contributed by atoms with E-state index in [0.29, 0.717) is 13.0 Å². The lowest BCUT2D eigenvalue weighted by Gasteiger charge is -2.36. The third-order valence-electron chi connectivity index (χ3n) is 3.34. The van der Waals surface area contributed by atoms with Crippen LogP contribution in [0.1, 0.15) is 6.42 Å². The van der Waals surface area contributed by atoms with E-state index in [0.717, 1.165) is 0 Å². The van der Waals surface area contributed by atoms with Crippen LogP contribution in [0.25, 0.3) is 0 Å². The summed E-state index contributed by atoms with van der Waals surface area (Å²) in [6.07, 6.45) is 0.603. The van der Waals surface area contributed by atoms with Crippen LogP contribution in [0, 0.1) is 0 Å². The molecule has 2 aliphatic heterocycles. The van der Waals surface area contributed by atoms with Crippen molar-refractivity contribution in [3.8, 4) is 0 Å². The van der Waals surface area contributed by atoms with Crippen LogP contribution in [-0.4, -0.2) is 73.5 Å². The Morgan fingerprint density at radius 2 is 2.22 bits per heavy atom. The van der Waals surface area contributed by atoms with Gasteiger partial charge in [-0.2, -0.15) is 0 Å². The minimum Gasteiger partial charge on any atom is -0.375 e. The van der Waals surface area contributed by atoms with Gasteiger partial charge >= 0.3 is 0 Å². The molecule has 2 rings (SSSR count). The monoisotopic (exact) mass is 255 g/mol. The molecule has 2 aliphatic rings. The number of piperazine rings is 1. The molecule has 100 valence electrons. The van der Waals surface area contributed by atoms with Crippen LogP contribution in [0.2, 0.25) is 0 Å². The predicted molar refractivity (Wildman–Crippen MR) is 61.6 cm³/mol. The number of rotatable bonds is 3. The molecule has 1 N–H and O–H groups in total. The normalized spacial score (nSPS) is 27.4. The van der Waals surface area contributed by atoms with Crippen molar-refractivity contribution in [2.75, 3.05) is 33.9 Å². The first-order valence-electron chi connectivity index (χ1n) is 5.87. The highest BCUT2D eigenvalue weighted by Crippen LogP contribution is 2.23. The van der Waals surface area contributed by atoms with Gasteiger partial charge in [-0.15, -0.1) is 0 Å². The Hall–Kier alpha value is -1.63. The average molecular weight is 255 g/mol. The van der Waals surface area contributed by atoms with Crippen LogP contribution in [0.15, 0.2) is 0 Å². The van der Waals surface area contributed by atoms with Crippen LogP contribution in [-0.2, 0) is 19.1 Å². The fraction of sp³-hybridized carbons (Fsp3) is 0.727. The number of hydrogen-bond donors (Lipinski definition) is 1. The van der Waals surface area contributed by atoms with Gasteiger partial charge in [0, 0.05) is 20.7 Å². The Balaban J connectivity index is 2.08. The van der Waals surface area contributed by atoms with Crippen molar-refractivity contribution in [2.24, 2.45) is 0 Å².